The molecule has 31 heavy (non-hydrogen) atoms. The van der Waals surface area contributed by atoms with Crippen LogP contribution in [0, 0.1) is 0 Å². The van der Waals surface area contributed by atoms with Gasteiger partial charge in [-0.25, -0.2) is 4.68 Å². The molecule has 0 spiro atoms. The summed E-state index contributed by atoms with van der Waals surface area (Å²) in [4.78, 5) is 17.3. The number of hydrogen-bond acceptors (Lipinski definition) is 5. The van der Waals surface area contributed by atoms with Crippen LogP contribution in [0.4, 0.5) is 5.95 Å². The quantitative estimate of drug-likeness (QED) is 0.461. The second-order valence-corrected chi connectivity index (χ2v) is 9.19. The van der Waals surface area contributed by atoms with Crippen molar-refractivity contribution >= 4 is 50.9 Å². The second kappa shape index (κ2) is 8.30. The van der Waals surface area contributed by atoms with Gasteiger partial charge in [0, 0.05) is 43.3 Å². The first kappa shape index (κ1) is 20.5. The summed E-state index contributed by atoms with van der Waals surface area (Å²) in [6.45, 7) is 0.264. The Morgan fingerprint density at radius 3 is 2.90 bits per heavy atom. The highest BCUT2D eigenvalue weighted by atomic mass is 79.9. The van der Waals surface area contributed by atoms with Gasteiger partial charge in [-0.2, -0.15) is 10.1 Å². The van der Waals surface area contributed by atoms with Crippen molar-refractivity contribution in [3.8, 4) is 5.75 Å². The third-order valence-electron chi connectivity index (χ3n) is 5.47. The largest absolute Gasteiger partial charge is 0.488 e. The van der Waals surface area contributed by atoms with E-state index in [-0.39, 0.29) is 12.4 Å². The van der Waals surface area contributed by atoms with Crippen LogP contribution in [0.5, 0.6) is 5.75 Å². The lowest BCUT2D eigenvalue weighted by Gasteiger charge is -2.33. The molecule has 3 aromatic rings. The van der Waals surface area contributed by atoms with Gasteiger partial charge in [0.1, 0.15) is 24.7 Å². The molecule has 1 aliphatic carbocycles. The molecule has 158 valence electrons. The van der Waals surface area contributed by atoms with Crippen LogP contribution in [-0.4, -0.2) is 20.5 Å². The van der Waals surface area contributed by atoms with Crippen LogP contribution in [0.2, 0.25) is 10.0 Å². The first-order chi connectivity index (χ1) is 15.0. The number of allylic oxidation sites excluding steroid dienone is 2. The standard InChI is InChI=1S/C22H17BrCl2N4O2/c23-13-5-7-19(31-10-12-4-6-14(24)9-16(12)25)15(8-13)21-20-17(2-1-3-18(20)30)28-22-26-11-27-29(21)22/h4-9,11,21H,1-3,10H2,(H,26,27,28). The van der Waals surface area contributed by atoms with Crippen LogP contribution < -0.4 is 10.1 Å². The minimum absolute atomic E-state index is 0.117. The summed E-state index contributed by atoms with van der Waals surface area (Å²) in [5, 5.41) is 8.79. The second-order valence-electron chi connectivity index (χ2n) is 7.43. The van der Waals surface area contributed by atoms with Crippen LogP contribution in [0.3, 0.4) is 0 Å². The molecule has 0 amide bonds. The predicted molar refractivity (Wildman–Crippen MR) is 123 cm³/mol. The first-order valence-electron chi connectivity index (χ1n) is 9.80. The van der Waals surface area contributed by atoms with E-state index >= 15 is 0 Å². The number of rotatable bonds is 4. The molecule has 1 atom stereocenters. The lowest BCUT2D eigenvalue weighted by molar-refractivity contribution is -0.116. The average Bonchev–Trinajstić information content (AvgIpc) is 3.21. The maximum atomic E-state index is 13.0. The van der Waals surface area contributed by atoms with E-state index in [1.165, 1.54) is 6.33 Å². The summed E-state index contributed by atoms with van der Waals surface area (Å²) < 4.78 is 8.82. The van der Waals surface area contributed by atoms with Crippen molar-refractivity contribution in [2.75, 3.05) is 5.32 Å². The van der Waals surface area contributed by atoms with E-state index in [1.54, 1.807) is 16.8 Å². The molecular weight excluding hydrogens is 503 g/mol. The molecule has 6 nitrogen and oxygen atoms in total. The molecule has 0 saturated heterocycles. The maximum Gasteiger partial charge on any atom is 0.226 e. The lowest BCUT2D eigenvalue weighted by Crippen LogP contribution is -2.31. The van der Waals surface area contributed by atoms with Gasteiger partial charge in [-0.1, -0.05) is 45.2 Å². The Morgan fingerprint density at radius 1 is 1.19 bits per heavy atom. The molecule has 0 radical (unpaired) electrons. The summed E-state index contributed by atoms with van der Waals surface area (Å²) in [5.41, 5.74) is 3.28. The van der Waals surface area contributed by atoms with Gasteiger partial charge in [0.2, 0.25) is 5.95 Å². The van der Waals surface area contributed by atoms with Gasteiger partial charge in [0.05, 0.1) is 0 Å². The molecular formula is C22H17BrCl2N4O2. The highest BCUT2D eigenvalue weighted by Crippen LogP contribution is 2.43. The molecule has 2 heterocycles. The zero-order valence-electron chi connectivity index (χ0n) is 16.2. The van der Waals surface area contributed by atoms with Crippen LogP contribution in [-0.2, 0) is 11.4 Å². The van der Waals surface area contributed by atoms with E-state index < -0.39 is 6.04 Å². The van der Waals surface area contributed by atoms with Crippen molar-refractivity contribution in [2.45, 2.75) is 31.9 Å². The number of ketones is 1. The Balaban J connectivity index is 1.57. The maximum absolute atomic E-state index is 13.0. The van der Waals surface area contributed by atoms with Crippen LogP contribution in [0.25, 0.3) is 0 Å². The van der Waals surface area contributed by atoms with Gasteiger partial charge in [-0.15, -0.1) is 0 Å². The van der Waals surface area contributed by atoms with Gasteiger partial charge in [-0.3, -0.25) is 4.79 Å². The minimum atomic E-state index is -0.422. The predicted octanol–water partition coefficient (Wildman–Crippen LogP) is 5.95. The van der Waals surface area contributed by atoms with Crippen LogP contribution in [0.1, 0.15) is 36.4 Å². The molecule has 1 aromatic heterocycles. The number of carbonyl (C=O) groups is 1. The molecule has 2 aliphatic rings. The van der Waals surface area contributed by atoms with Gasteiger partial charge in [0.25, 0.3) is 0 Å². The molecule has 0 saturated carbocycles. The van der Waals surface area contributed by atoms with Gasteiger partial charge in [0.15, 0.2) is 5.78 Å². The highest BCUT2D eigenvalue weighted by Gasteiger charge is 2.37. The first-order valence-corrected chi connectivity index (χ1v) is 11.3. The fourth-order valence-corrected chi connectivity index (χ4v) is 4.88. The number of ether oxygens (including phenoxy) is 1. The number of fused-ring (bicyclic) bond motifs is 1. The minimum Gasteiger partial charge on any atom is -0.488 e. The fourth-order valence-electron chi connectivity index (χ4n) is 4.04. The molecule has 0 fully saturated rings. The number of aromatic nitrogens is 3. The monoisotopic (exact) mass is 518 g/mol. The van der Waals surface area contributed by atoms with Crippen LogP contribution in [0.15, 0.2) is 58.5 Å². The third kappa shape index (κ3) is 3.86. The van der Waals surface area contributed by atoms with Crippen molar-refractivity contribution in [1.29, 1.82) is 0 Å². The SMILES string of the molecule is O=C1CCCC2=C1C(c1cc(Br)ccc1OCc1ccc(Cl)cc1Cl)n1ncnc1N2. The van der Waals surface area contributed by atoms with Crippen molar-refractivity contribution in [3.05, 3.63) is 79.6 Å². The summed E-state index contributed by atoms with van der Waals surface area (Å²) in [6.07, 6.45) is 3.63. The summed E-state index contributed by atoms with van der Waals surface area (Å²) in [6, 6.07) is 10.6. The Kier molecular flexibility index (Phi) is 5.50. The summed E-state index contributed by atoms with van der Waals surface area (Å²) in [5.74, 6) is 1.38. The van der Waals surface area contributed by atoms with E-state index in [2.05, 4.69) is 31.3 Å². The van der Waals surface area contributed by atoms with Gasteiger partial charge < -0.3 is 10.1 Å². The van der Waals surface area contributed by atoms with Gasteiger partial charge >= 0.3 is 0 Å². The number of hydrogen-bond donors (Lipinski definition) is 1. The Hall–Kier alpha value is -2.35. The number of Topliss-reactive ketones (excluding diaryl/α,β-unsaturated/α-hetero) is 1. The molecule has 5 rings (SSSR count). The molecule has 0 bridgehead atoms. The smallest absolute Gasteiger partial charge is 0.226 e. The zero-order valence-corrected chi connectivity index (χ0v) is 19.3. The third-order valence-corrected chi connectivity index (χ3v) is 6.55. The van der Waals surface area contributed by atoms with Crippen molar-refractivity contribution in [2.24, 2.45) is 0 Å². The number of benzene rings is 2. The number of anilines is 1. The van der Waals surface area contributed by atoms with E-state index in [0.29, 0.717) is 28.2 Å². The topological polar surface area (TPSA) is 69.0 Å². The van der Waals surface area contributed by atoms with E-state index in [4.69, 9.17) is 27.9 Å². The number of halogens is 3. The Labute approximate surface area is 197 Å². The van der Waals surface area contributed by atoms with E-state index in [9.17, 15) is 4.79 Å². The molecule has 1 unspecified atom stereocenters. The molecule has 1 N–H and O–H groups in total. The van der Waals surface area contributed by atoms with Crippen molar-refractivity contribution in [3.63, 3.8) is 0 Å². The lowest BCUT2D eigenvalue weighted by atomic mass is 9.85. The van der Waals surface area contributed by atoms with Crippen LogP contribution >= 0.6 is 39.1 Å². The molecule has 9 heteroatoms. The fraction of sp³-hybridized carbons (Fsp3) is 0.227. The number of nitrogens with one attached hydrogen (secondary N) is 1. The summed E-state index contributed by atoms with van der Waals surface area (Å²) >= 11 is 15.9. The normalized spacial score (nSPS) is 17.8. The highest BCUT2D eigenvalue weighted by molar-refractivity contribution is 9.10. The molecule has 2 aromatic carbocycles. The Morgan fingerprint density at radius 2 is 2.06 bits per heavy atom. The van der Waals surface area contributed by atoms with E-state index in [1.807, 2.05) is 24.3 Å². The number of carbonyl (C=O) groups excluding carboxylic acids is 1. The average molecular weight is 520 g/mol. The van der Waals surface area contributed by atoms with Crippen molar-refractivity contribution in [1.82, 2.24) is 14.8 Å². The Bertz CT molecular complexity index is 1220. The van der Waals surface area contributed by atoms with E-state index in [0.717, 1.165) is 39.7 Å². The molecule has 1 aliphatic heterocycles. The van der Waals surface area contributed by atoms with Crippen molar-refractivity contribution < 1.29 is 9.53 Å². The zero-order chi connectivity index (χ0) is 21.5. The summed E-state index contributed by atoms with van der Waals surface area (Å²) in [7, 11) is 0. The number of nitrogens with zero attached hydrogens (tertiary/aromatic N) is 3. The van der Waals surface area contributed by atoms with Gasteiger partial charge in [-0.05, 0) is 43.2 Å².